The van der Waals surface area contributed by atoms with Gasteiger partial charge in [-0.25, -0.2) is 0 Å². The lowest BCUT2D eigenvalue weighted by molar-refractivity contribution is -0.131. The fraction of sp³-hybridized carbons (Fsp3) is 0.278. The Morgan fingerprint density at radius 1 is 1.05 bits per heavy atom. The van der Waals surface area contributed by atoms with Gasteiger partial charge in [0.2, 0.25) is 0 Å². The predicted molar refractivity (Wildman–Crippen MR) is 81.8 cm³/mol. The number of benzene rings is 2. The second-order valence-corrected chi connectivity index (χ2v) is 5.99. The Morgan fingerprint density at radius 2 is 1.57 bits per heavy atom. The highest BCUT2D eigenvalue weighted by Gasteiger charge is 2.35. The van der Waals surface area contributed by atoms with E-state index in [0.717, 1.165) is 12.8 Å². The second-order valence-electron chi connectivity index (χ2n) is 5.99. The van der Waals surface area contributed by atoms with Crippen molar-refractivity contribution in [2.75, 3.05) is 0 Å². The molecule has 3 nitrogen and oxygen atoms in total. The van der Waals surface area contributed by atoms with Crippen LogP contribution in [0.25, 0.3) is 0 Å². The minimum Gasteiger partial charge on any atom is -0.378 e. The van der Waals surface area contributed by atoms with Gasteiger partial charge in [0.05, 0.1) is 0 Å². The normalized spacial score (nSPS) is 17.0. The lowest BCUT2D eigenvalue weighted by Gasteiger charge is -2.27. The van der Waals surface area contributed by atoms with Crippen LogP contribution in [0.3, 0.4) is 0 Å². The van der Waals surface area contributed by atoms with Crippen molar-refractivity contribution < 1.29 is 9.90 Å². The number of hydrogen-bond donors (Lipinski definition) is 2. The molecule has 0 radical (unpaired) electrons. The van der Waals surface area contributed by atoms with Crippen molar-refractivity contribution in [3.63, 3.8) is 0 Å². The number of rotatable bonds is 3. The number of aliphatic hydroxyl groups excluding tert-OH is 1. The van der Waals surface area contributed by atoms with E-state index in [1.165, 1.54) is 11.1 Å². The molecule has 2 aromatic carbocycles. The van der Waals surface area contributed by atoms with Crippen molar-refractivity contribution in [2.45, 2.75) is 31.4 Å². The molecular formula is C18H19NO2. The molecule has 3 heteroatoms. The zero-order valence-corrected chi connectivity index (χ0v) is 12.0. The molecule has 1 aliphatic rings. The van der Waals surface area contributed by atoms with Crippen LogP contribution in [0.15, 0.2) is 54.6 Å². The summed E-state index contributed by atoms with van der Waals surface area (Å²) in [6, 6.07) is 17.3. The Kier molecular flexibility index (Phi) is 3.52. The number of hydrogen-bond acceptors (Lipinski definition) is 2. The standard InChI is InChI=1S/C18H19NO2/c1-18(11-14-9-5-6-10-15(14)12-18)19-17(21)16(20)13-7-3-2-4-8-13/h2-10,16,20H,11-12H2,1H3,(H,19,21). The second kappa shape index (κ2) is 5.34. The molecule has 0 heterocycles. The first-order chi connectivity index (χ1) is 10.1. The van der Waals surface area contributed by atoms with Crippen molar-refractivity contribution in [3.05, 3.63) is 71.3 Å². The van der Waals surface area contributed by atoms with Crippen molar-refractivity contribution in [3.8, 4) is 0 Å². The lowest BCUT2D eigenvalue weighted by atomic mass is 9.97. The minimum atomic E-state index is -1.12. The van der Waals surface area contributed by atoms with Gasteiger partial charge in [-0.3, -0.25) is 4.79 Å². The van der Waals surface area contributed by atoms with Crippen LogP contribution in [-0.4, -0.2) is 16.6 Å². The number of amides is 1. The van der Waals surface area contributed by atoms with Gasteiger partial charge < -0.3 is 10.4 Å². The third-order valence-corrected chi connectivity index (χ3v) is 4.07. The van der Waals surface area contributed by atoms with Gasteiger partial charge in [-0.05, 0) is 36.5 Å². The Morgan fingerprint density at radius 3 is 2.14 bits per heavy atom. The van der Waals surface area contributed by atoms with E-state index >= 15 is 0 Å². The zero-order valence-electron chi connectivity index (χ0n) is 12.0. The van der Waals surface area contributed by atoms with Gasteiger partial charge in [-0.1, -0.05) is 54.6 Å². The Hall–Kier alpha value is -2.13. The summed E-state index contributed by atoms with van der Waals surface area (Å²) >= 11 is 0. The quantitative estimate of drug-likeness (QED) is 0.907. The van der Waals surface area contributed by atoms with Crippen LogP contribution in [0.4, 0.5) is 0 Å². The van der Waals surface area contributed by atoms with Crippen LogP contribution < -0.4 is 5.32 Å². The molecule has 1 amide bonds. The van der Waals surface area contributed by atoms with Gasteiger partial charge in [0.25, 0.3) is 5.91 Å². The first kappa shape index (κ1) is 13.8. The van der Waals surface area contributed by atoms with Crippen LogP contribution in [0.5, 0.6) is 0 Å². The van der Waals surface area contributed by atoms with E-state index < -0.39 is 6.10 Å². The Bertz CT molecular complexity index is 626. The van der Waals surface area contributed by atoms with Gasteiger partial charge in [0, 0.05) is 5.54 Å². The van der Waals surface area contributed by atoms with Crippen LogP contribution in [0.1, 0.15) is 29.7 Å². The maximum absolute atomic E-state index is 12.3. The van der Waals surface area contributed by atoms with Crippen LogP contribution in [0, 0.1) is 0 Å². The number of carbonyl (C=O) groups is 1. The van der Waals surface area contributed by atoms with Crippen LogP contribution in [0.2, 0.25) is 0 Å². The van der Waals surface area contributed by atoms with Crippen molar-refractivity contribution >= 4 is 5.91 Å². The van der Waals surface area contributed by atoms with Crippen molar-refractivity contribution in [1.29, 1.82) is 0 Å². The molecule has 0 fully saturated rings. The van der Waals surface area contributed by atoms with E-state index in [1.54, 1.807) is 12.1 Å². The fourth-order valence-electron chi connectivity index (χ4n) is 3.05. The molecule has 0 aliphatic heterocycles. The molecule has 0 spiro atoms. The number of carbonyl (C=O) groups excluding carboxylic acids is 1. The summed E-state index contributed by atoms with van der Waals surface area (Å²) in [5.41, 5.74) is 2.84. The Labute approximate surface area is 124 Å². The summed E-state index contributed by atoms with van der Waals surface area (Å²) in [4.78, 5) is 12.3. The molecule has 0 saturated heterocycles. The topological polar surface area (TPSA) is 49.3 Å². The molecule has 3 rings (SSSR count). The van der Waals surface area contributed by atoms with Gasteiger partial charge in [0.15, 0.2) is 6.10 Å². The van der Waals surface area contributed by atoms with Crippen molar-refractivity contribution in [1.82, 2.24) is 5.32 Å². The van der Waals surface area contributed by atoms with E-state index in [0.29, 0.717) is 5.56 Å². The van der Waals surface area contributed by atoms with Gasteiger partial charge in [0.1, 0.15) is 0 Å². The highest BCUT2D eigenvalue weighted by molar-refractivity contribution is 5.82. The van der Waals surface area contributed by atoms with Gasteiger partial charge in [-0.2, -0.15) is 0 Å². The monoisotopic (exact) mass is 281 g/mol. The van der Waals surface area contributed by atoms with E-state index in [1.807, 2.05) is 37.3 Å². The summed E-state index contributed by atoms with van der Waals surface area (Å²) in [6.45, 7) is 2.03. The Balaban J connectivity index is 1.71. The SMILES string of the molecule is CC1(NC(=O)C(O)c2ccccc2)Cc2ccccc2C1. The van der Waals surface area contributed by atoms with Crippen LogP contribution >= 0.6 is 0 Å². The molecule has 2 N–H and O–H groups in total. The minimum absolute atomic E-state index is 0.323. The maximum Gasteiger partial charge on any atom is 0.253 e. The first-order valence-electron chi connectivity index (χ1n) is 7.19. The van der Waals surface area contributed by atoms with E-state index in [4.69, 9.17) is 0 Å². The average Bonchev–Trinajstić information content (AvgIpc) is 2.82. The molecule has 0 bridgehead atoms. The van der Waals surface area contributed by atoms with E-state index in [-0.39, 0.29) is 11.4 Å². The summed E-state index contributed by atoms with van der Waals surface area (Å²) < 4.78 is 0. The molecule has 1 atom stereocenters. The smallest absolute Gasteiger partial charge is 0.253 e. The molecule has 0 aromatic heterocycles. The largest absolute Gasteiger partial charge is 0.378 e. The molecule has 1 aliphatic carbocycles. The summed E-state index contributed by atoms with van der Waals surface area (Å²) in [7, 11) is 0. The first-order valence-corrected chi connectivity index (χ1v) is 7.19. The van der Waals surface area contributed by atoms with Crippen LogP contribution in [-0.2, 0) is 17.6 Å². The fourth-order valence-corrected chi connectivity index (χ4v) is 3.05. The molecule has 0 saturated carbocycles. The molecular weight excluding hydrogens is 262 g/mol. The number of aliphatic hydroxyl groups is 1. The highest BCUT2D eigenvalue weighted by atomic mass is 16.3. The summed E-state index contributed by atoms with van der Waals surface area (Å²) in [6.07, 6.45) is 0.485. The van der Waals surface area contributed by atoms with E-state index in [9.17, 15) is 9.90 Å². The van der Waals surface area contributed by atoms with Gasteiger partial charge in [-0.15, -0.1) is 0 Å². The third-order valence-electron chi connectivity index (χ3n) is 4.07. The average molecular weight is 281 g/mol. The number of nitrogens with one attached hydrogen (secondary N) is 1. The summed E-state index contributed by atoms with van der Waals surface area (Å²) in [5, 5.41) is 13.2. The highest BCUT2D eigenvalue weighted by Crippen LogP contribution is 2.30. The molecule has 1 unspecified atom stereocenters. The maximum atomic E-state index is 12.3. The third kappa shape index (κ3) is 2.83. The molecule has 108 valence electrons. The van der Waals surface area contributed by atoms with E-state index in [2.05, 4.69) is 17.4 Å². The predicted octanol–water partition coefficient (Wildman–Crippen LogP) is 2.39. The number of fused-ring (bicyclic) bond motifs is 1. The van der Waals surface area contributed by atoms with Gasteiger partial charge >= 0.3 is 0 Å². The lowest BCUT2D eigenvalue weighted by Crippen LogP contribution is -2.48. The zero-order chi connectivity index (χ0) is 14.9. The molecule has 21 heavy (non-hydrogen) atoms. The molecule has 2 aromatic rings. The summed E-state index contributed by atoms with van der Waals surface area (Å²) in [5.74, 6) is -0.337. The van der Waals surface area contributed by atoms with Crippen molar-refractivity contribution in [2.24, 2.45) is 0 Å².